The first-order valence-electron chi connectivity index (χ1n) is 10.9. The molecule has 0 aliphatic heterocycles. The van der Waals surface area contributed by atoms with Crippen molar-refractivity contribution in [1.82, 2.24) is 9.55 Å². The molecule has 9 heteroatoms. The summed E-state index contributed by atoms with van der Waals surface area (Å²) in [5.74, 6) is -0.445. The summed E-state index contributed by atoms with van der Waals surface area (Å²) in [4.78, 5) is 37.6. The lowest BCUT2D eigenvalue weighted by molar-refractivity contribution is -0.143. The minimum Gasteiger partial charge on any atom is -0.465 e. The fourth-order valence-electron chi connectivity index (χ4n) is 3.98. The van der Waals surface area contributed by atoms with Crippen LogP contribution in [0, 0.1) is 6.92 Å². The maximum Gasteiger partial charge on any atom is 0.325 e. The van der Waals surface area contributed by atoms with E-state index in [0.717, 1.165) is 38.6 Å². The highest BCUT2D eigenvalue weighted by Crippen LogP contribution is 2.39. The summed E-state index contributed by atoms with van der Waals surface area (Å²) in [7, 11) is 0. The third kappa shape index (κ3) is 6.18. The molecule has 7 nitrogen and oxygen atoms in total. The molecule has 0 aliphatic rings. The van der Waals surface area contributed by atoms with Crippen molar-refractivity contribution < 1.29 is 19.1 Å². The third-order valence-electron chi connectivity index (χ3n) is 5.21. The van der Waals surface area contributed by atoms with Gasteiger partial charge in [0.2, 0.25) is 11.1 Å². The number of carbonyl (C=O) groups is 3. The zero-order valence-electron chi connectivity index (χ0n) is 19.8. The molecular weight excluding hydrogens is 489 g/mol. The van der Waals surface area contributed by atoms with E-state index in [4.69, 9.17) is 16.3 Å². The Labute approximate surface area is 213 Å². The number of aromatic nitrogens is 2. The molecule has 4 aromatic rings. The van der Waals surface area contributed by atoms with Gasteiger partial charge < -0.3 is 14.6 Å². The van der Waals surface area contributed by atoms with Gasteiger partial charge >= 0.3 is 5.97 Å². The number of nitrogens with one attached hydrogen (secondary N) is 1. The van der Waals surface area contributed by atoms with Gasteiger partial charge in [-0.1, -0.05) is 17.7 Å². The van der Waals surface area contributed by atoms with E-state index in [0.29, 0.717) is 17.3 Å². The van der Waals surface area contributed by atoms with Crippen molar-refractivity contribution in [2.24, 2.45) is 0 Å². The van der Waals surface area contributed by atoms with Crippen LogP contribution in [0.15, 0.2) is 48.7 Å². The smallest absolute Gasteiger partial charge is 0.325 e. The molecule has 1 amide bonds. The first-order chi connectivity index (χ1) is 16.6. The number of rotatable bonds is 5. The molecule has 0 spiro atoms. The second kappa shape index (κ2) is 11.3. The lowest BCUT2D eigenvalue weighted by Gasteiger charge is -2.10. The van der Waals surface area contributed by atoms with E-state index in [-0.39, 0.29) is 23.7 Å². The van der Waals surface area contributed by atoms with Gasteiger partial charge in [-0.05, 0) is 67.4 Å². The van der Waals surface area contributed by atoms with Crippen LogP contribution < -0.4 is 5.32 Å². The first-order valence-corrected chi connectivity index (χ1v) is 11.6. The standard InChI is InChI=1S/C24H22ClN3O3.C2H3ClO/c1-4-31-23(30)13-28-14(2)24(20-12-17(27-15(3)29)6-8-22(20)28)19-9-10-26-21-11-16(25)5-7-18(19)21;1-2(3)4/h5-12H,4,13H2,1-3H3,(H,27,29);1H3. The summed E-state index contributed by atoms with van der Waals surface area (Å²) >= 11 is 10.8. The summed E-state index contributed by atoms with van der Waals surface area (Å²) in [5.41, 5.74) is 5.23. The van der Waals surface area contributed by atoms with Crippen molar-refractivity contribution in [3.8, 4) is 11.1 Å². The van der Waals surface area contributed by atoms with E-state index in [1.165, 1.54) is 13.8 Å². The van der Waals surface area contributed by atoms with Crippen molar-refractivity contribution in [1.29, 1.82) is 0 Å². The van der Waals surface area contributed by atoms with Crippen LogP contribution >= 0.6 is 23.2 Å². The number of pyridine rings is 1. The Bertz CT molecular complexity index is 1430. The molecule has 0 saturated heterocycles. The molecule has 0 fully saturated rings. The highest BCUT2D eigenvalue weighted by atomic mass is 35.5. The average Bonchev–Trinajstić information content (AvgIpc) is 3.03. The number of carbonyl (C=O) groups excluding carboxylic acids is 3. The molecule has 0 saturated carbocycles. The molecule has 2 heterocycles. The lowest BCUT2D eigenvalue weighted by Crippen LogP contribution is -2.14. The highest BCUT2D eigenvalue weighted by molar-refractivity contribution is 6.62. The summed E-state index contributed by atoms with van der Waals surface area (Å²) in [6.45, 7) is 6.97. The molecule has 182 valence electrons. The second-order valence-corrected chi connectivity index (χ2v) is 8.72. The Morgan fingerprint density at radius 3 is 2.43 bits per heavy atom. The predicted octanol–water partition coefficient (Wildman–Crippen LogP) is 6.11. The Morgan fingerprint density at radius 1 is 1.06 bits per heavy atom. The van der Waals surface area contributed by atoms with Crippen LogP contribution in [0.5, 0.6) is 0 Å². The zero-order chi connectivity index (χ0) is 25.7. The summed E-state index contributed by atoms with van der Waals surface area (Å²) in [6, 6.07) is 13.3. The zero-order valence-corrected chi connectivity index (χ0v) is 21.3. The molecule has 2 aromatic carbocycles. The number of nitrogens with zero attached hydrogens (tertiary/aromatic N) is 2. The average molecular weight is 514 g/mol. The molecule has 1 N–H and O–H groups in total. The van der Waals surface area contributed by atoms with Gasteiger partial charge in [0.25, 0.3) is 0 Å². The number of esters is 1. The Hall–Kier alpha value is -3.42. The van der Waals surface area contributed by atoms with Crippen LogP contribution in [0.1, 0.15) is 26.5 Å². The monoisotopic (exact) mass is 513 g/mol. The van der Waals surface area contributed by atoms with E-state index in [1.807, 2.05) is 54.0 Å². The molecule has 4 rings (SSSR count). The number of hydrogen-bond acceptors (Lipinski definition) is 5. The number of amides is 1. The van der Waals surface area contributed by atoms with E-state index in [1.54, 1.807) is 13.1 Å². The van der Waals surface area contributed by atoms with Gasteiger partial charge in [0.05, 0.1) is 12.1 Å². The summed E-state index contributed by atoms with van der Waals surface area (Å²) in [5, 5.41) is 4.98. The second-order valence-electron chi connectivity index (χ2n) is 7.75. The van der Waals surface area contributed by atoms with E-state index in [9.17, 15) is 14.4 Å². The van der Waals surface area contributed by atoms with Crippen LogP contribution in [0.25, 0.3) is 32.9 Å². The third-order valence-corrected chi connectivity index (χ3v) is 5.45. The van der Waals surface area contributed by atoms with Gasteiger partial charge in [-0.2, -0.15) is 0 Å². The summed E-state index contributed by atoms with van der Waals surface area (Å²) < 4.78 is 7.13. The SMILES string of the molecule is CC(=O)Cl.CCOC(=O)Cn1c(C)c(-c2ccnc3cc(Cl)ccc23)c2cc(NC(C)=O)ccc21. The maximum atomic E-state index is 12.3. The number of halogens is 2. The molecule has 35 heavy (non-hydrogen) atoms. The number of ether oxygens (including phenoxy) is 1. The molecule has 0 unspecified atom stereocenters. The Balaban J connectivity index is 0.000000795. The largest absolute Gasteiger partial charge is 0.465 e. The normalized spacial score (nSPS) is 10.6. The fourth-order valence-corrected chi connectivity index (χ4v) is 4.15. The first kappa shape index (κ1) is 26.2. The van der Waals surface area contributed by atoms with Gasteiger partial charge in [-0.3, -0.25) is 19.4 Å². The Morgan fingerprint density at radius 2 is 1.77 bits per heavy atom. The molecule has 0 atom stereocenters. The molecule has 0 radical (unpaired) electrons. The van der Waals surface area contributed by atoms with Crippen molar-refractivity contribution in [2.45, 2.75) is 34.2 Å². The number of fused-ring (bicyclic) bond motifs is 2. The lowest BCUT2D eigenvalue weighted by atomic mass is 9.98. The number of benzene rings is 2. The van der Waals surface area contributed by atoms with Crippen LogP contribution in [-0.4, -0.2) is 33.3 Å². The molecular formula is C26H25Cl2N3O4. The van der Waals surface area contributed by atoms with Gasteiger partial charge in [0.1, 0.15) is 6.54 Å². The van der Waals surface area contributed by atoms with Gasteiger partial charge in [0, 0.05) is 58.3 Å². The van der Waals surface area contributed by atoms with Crippen LogP contribution in [-0.2, 0) is 25.7 Å². The van der Waals surface area contributed by atoms with E-state index in [2.05, 4.69) is 21.9 Å². The van der Waals surface area contributed by atoms with Gasteiger partial charge in [0.15, 0.2) is 0 Å². The predicted molar refractivity (Wildman–Crippen MR) is 140 cm³/mol. The van der Waals surface area contributed by atoms with Crippen LogP contribution in [0.2, 0.25) is 5.02 Å². The van der Waals surface area contributed by atoms with E-state index < -0.39 is 0 Å². The maximum absolute atomic E-state index is 12.3. The van der Waals surface area contributed by atoms with Crippen LogP contribution in [0.3, 0.4) is 0 Å². The van der Waals surface area contributed by atoms with Crippen molar-refractivity contribution >= 4 is 67.8 Å². The minimum absolute atomic E-state index is 0.102. The Kier molecular flexibility index (Phi) is 8.48. The van der Waals surface area contributed by atoms with Gasteiger partial charge in [-0.25, -0.2) is 0 Å². The van der Waals surface area contributed by atoms with Crippen LogP contribution in [0.4, 0.5) is 5.69 Å². The summed E-state index contributed by atoms with van der Waals surface area (Å²) in [6.07, 6.45) is 1.75. The quantitative estimate of drug-likeness (QED) is 0.256. The van der Waals surface area contributed by atoms with Crippen molar-refractivity contribution in [3.05, 3.63) is 59.4 Å². The van der Waals surface area contributed by atoms with E-state index >= 15 is 0 Å². The minimum atomic E-state index is -0.361. The van der Waals surface area contributed by atoms with Crippen molar-refractivity contribution in [2.75, 3.05) is 11.9 Å². The molecule has 0 aliphatic carbocycles. The molecule has 0 bridgehead atoms. The number of anilines is 1. The van der Waals surface area contributed by atoms with Gasteiger partial charge in [-0.15, -0.1) is 0 Å². The fraction of sp³-hybridized carbons (Fsp3) is 0.231. The highest BCUT2D eigenvalue weighted by Gasteiger charge is 2.20. The van der Waals surface area contributed by atoms with Crippen molar-refractivity contribution in [3.63, 3.8) is 0 Å². The number of hydrogen-bond donors (Lipinski definition) is 1. The molecule has 2 aromatic heterocycles. The topological polar surface area (TPSA) is 90.3 Å².